The number of aryl methyl sites for hydroxylation is 1. The van der Waals surface area contributed by atoms with Crippen molar-refractivity contribution in [3.8, 4) is 23.0 Å². The molecule has 0 fully saturated rings. The summed E-state index contributed by atoms with van der Waals surface area (Å²) in [6, 6.07) is 14.9. The highest BCUT2D eigenvalue weighted by Gasteiger charge is 2.18. The van der Waals surface area contributed by atoms with Crippen LogP contribution in [0.25, 0.3) is 17.2 Å². The van der Waals surface area contributed by atoms with Crippen molar-refractivity contribution in [3.05, 3.63) is 65.4 Å². The van der Waals surface area contributed by atoms with Gasteiger partial charge >= 0.3 is 0 Å². The maximum atomic E-state index is 12.4. The lowest BCUT2D eigenvalue weighted by Crippen LogP contribution is -2.11. The van der Waals surface area contributed by atoms with E-state index in [2.05, 4.69) is 25.0 Å². The molecule has 2 aromatic heterocycles. The smallest absolute Gasteiger partial charge is 0.257 e. The van der Waals surface area contributed by atoms with Gasteiger partial charge in [0.1, 0.15) is 5.75 Å². The molecule has 4 aromatic rings. The second-order valence-electron chi connectivity index (χ2n) is 6.38. The molecule has 8 nitrogen and oxygen atoms in total. The average molecular weight is 406 g/mol. The number of amides is 1. The number of ether oxygens (including phenoxy) is 1. The van der Waals surface area contributed by atoms with Crippen LogP contribution in [0.2, 0.25) is 0 Å². The maximum Gasteiger partial charge on any atom is 0.257 e. The normalized spacial score (nSPS) is 10.7. The standard InChI is InChI=1S/C20H18N6O2S/c1-12-5-4-6-14(11-12)19(27)22-20-21-18(24-29-20)17-13(2)26(25-23-17)15-7-9-16(28-3)10-8-15/h4-11H,1-3H3,(H,21,22,24,27). The Hall–Kier alpha value is -3.59. The highest BCUT2D eigenvalue weighted by Crippen LogP contribution is 2.24. The molecular weight excluding hydrogens is 388 g/mol. The second kappa shape index (κ2) is 7.80. The molecule has 0 spiro atoms. The number of aromatic nitrogens is 5. The molecule has 2 heterocycles. The molecule has 146 valence electrons. The van der Waals surface area contributed by atoms with Crippen molar-refractivity contribution in [1.29, 1.82) is 0 Å². The van der Waals surface area contributed by atoms with E-state index in [0.717, 1.165) is 34.2 Å². The van der Waals surface area contributed by atoms with Gasteiger partial charge in [-0.2, -0.15) is 9.36 Å². The first kappa shape index (κ1) is 18.8. The minimum atomic E-state index is -0.227. The summed E-state index contributed by atoms with van der Waals surface area (Å²) in [5, 5.41) is 11.6. The van der Waals surface area contributed by atoms with Crippen LogP contribution in [0, 0.1) is 13.8 Å². The molecule has 0 aliphatic heterocycles. The topological polar surface area (TPSA) is 94.8 Å². The van der Waals surface area contributed by atoms with Crippen LogP contribution in [-0.4, -0.2) is 37.4 Å². The predicted molar refractivity (Wildman–Crippen MR) is 111 cm³/mol. The molecule has 0 radical (unpaired) electrons. The van der Waals surface area contributed by atoms with Gasteiger partial charge in [-0.3, -0.25) is 10.1 Å². The van der Waals surface area contributed by atoms with Gasteiger partial charge in [0.25, 0.3) is 5.91 Å². The van der Waals surface area contributed by atoms with Gasteiger partial charge in [0.15, 0.2) is 11.5 Å². The number of carbonyl (C=O) groups excluding carboxylic acids is 1. The quantitative estimate of drug-likeness (QED) is 0.543. The molecule has 0 bridgehead atoms. The summed E-state index contributed by atoms with van der Waals surface area (Å²) in [6.07, 6.45) is 0. The molecule has 29 heavy (non-hydrogen) atoms. The molecule has 9 heteroatoms. The third-order valence-corrected chi connectivity index (χ3v) is 4.98. The number of methoxy groups -OCH3 is 1. The Kier molecular flexibility index (Phi) is 5.05. The summed E-state index contributed by atoms with van der Waals surface area (Å²) in [7, 11) is 1.62. The van der Waals surface area contributed by atoms with Crippen molar-refractivity contribution in [2.24, 2.45) is 0 Å². The molecule has 0 unspecified atom stereocenters. The summed E-state index contributed by atoms with van der Waals surface area (Å²) in [6.45, 7) is 3.83. The maximum absolute atomic E-state index is 12.4. The largest absolute Gasteiger partial charge is 0.497 e. The summed E-state index contributed by atoms with van der Waals surface area (Å²) in [4.78, 5) is 16.8. The number of nitrogens with zero attached hydrogens (tertiary/aromatic N) is 5. The van der Waals surface area contributed by atoms with E-state index in [1.165, 1.54) is 0 Å². The fourth-order valence-electron chi connectivity index (χ4n) is 2.83. The minimum Gasteiger partial charge on any atom is -0.497 e. The van der Waals surface area contributed by atoms with E-state index in [9.17, 15) is 4.79 Å². The average Bonchev–Trinajstić information content (AvgIpc) is 3.34. The van der Waals surface area contributed by atoms with Gasteiger partial charge in [0.05, 0.1) is 18.5 Å². The van der Waals surface area contributed by atoms with Crippen LogP contribution in [-0.2, 0) is 0 Å². The predicted octanol–water partition coefficient (Wildman–Crippen LogP) is 3.66. The van der Waals surface area contributed by atoms with E-state index >= 15 is 0 Å². The van der Waals surface area contributed by atoms with Gasteiger partial charge in [-0.1, -0.05) is 22.9 Å². The van der Waals surface area contributed by atoms with Crippen LogP contribution in [0.4, 0.5) is 5.13 Å². The van der Waals surface area contributed by atoms with Crippen LogP contribution in [0.1, 0.15) is 21.6 Å². The minimum absolute atomic E-state index is 0.227. The van der Waals surface area contributed by atoms with Crippen molar-refractivity contribution in [2.45, 2.75) is 13.8 Å². The fraction of sp³-hybridized carbons (Fsp3) is 0.150. The lowest BCUT2D eigenvalue weighted by molar-refractivity contribution is 0.102. The highest BCUT2D eigenvalue weighted by atomic mass is 32.1. The molecule has 2 aromatic carbocycles. The summed E-state index contributed by atoms with van der Waals surface area (Å²) >= 11 is 1.10. The zero-order valence-corrected chi connectivity index (χ0v) is 16.9. The monoisotopic (exact) mass is 406 g/mol. The molecular formula is C20H18N6O2S. The molecule has 4 rings (SSSR count). The van der Waals surface area contributed by atoms with Crippen LogP contribution >= 0.6 is 11.5 Å². The van der Waals surface area contributed by atoms with Crippen molar-refractivity contribution in [3.63, 3.8) is 0 Å². The number of carbonyl (C=O) groups is 1. The van der Waals surface area contributed by atoms with E-state index in [4.69, 9.17) is 4.74 Å². The number of nitrogens with one attached hydrogen (secondary N) is 1. The second-order valence-corrected chi connectivity index (χ2v) is 7.13. The van der Waals surface area contributed by atoms with Crippen molar-refractivity contribution in [1.82, 2.24) is 24.4 Å². The molecule has 0 aliphatic carbocycles. The molecule has 0 saturated carbocycles. The fourth-order valence-corrected chi connectivity index (χ4v) is 3.40. The Balaban J connectivity index is 1.55. The number of anilines is 1. The van der Waals surface area contributed by atoms with E-state index < -0.39 is 0 Å². The van der Waals surface area contributed by atoms with Gasteiger partial charge in [-0.05, 0) is 50.2 Å². The Morgan fingerprint density at radius 3 is 2.66 bits per heavy atom. The summed E-state index contributed by atoms with van der Waals surface area (Å²) < 4.78 is 11.2. The van der Waals surface area contributed by atoms with Gasteiger partial charge in [0.2, 0.25) is 5.13 Å². The van der Waals surface area contributed by atoms with Crippen LogP contribution in [0.3, 0.4) is 0 Å². The summed E-state index contributed by atoms with van der Waals surface area (Å²) in [5.41, 5.74) is 3.80. The number of hydrogen-bond acceptors (Lipinski definition) is 7. The van der Waals surface area contributed by atoms with E-state index in [0.29, 0.717) is 22.2 Å². The summed E-state index contributed by atoms with van der Waals surface area (Å²) in [5.74, 6) is 0.962. The molecule has 0 aliphatic rings. The zero-order valence-electron chi connectivity index (χ0n) is 16.1. The first-order chi connectivity index (χ1) is 14.0. The van der Waals surface area contributed by atoms with Gasteiger partial charge < -0.3 is 4.74 Å². The Morgan fingerprint density at radius 1 is 1.14 bits per heavy atom. The van der Waals surface area contributed by atoms with Crippen molar-refractivity contribution < 1.29 is 9.53 Å². The van der Waals surface area contributed by atoms with Gasteiger partial charge in [0, 0.05) is 17.1 Å². The number of rotatable bonds is 5. The molecule has 1 amide bonds. The SMILES string of the molecule is COc1ccc(-n2nnc(-c3nsc(NC(=O)c4cccc(C)c4)n3)c2C)cc1. The molecule has 0 atom stereocenters. The zero-order chi connectivity index (χ0) is 20.4. The molecule has 1 N–H and O–H groups in total. The highest BCUT2D eigenvalue weighted by molar-refractivity contribution is 7.10. The van der Waals surface area contributed by atoms with Gasteiger partial charge in [-0.15, -0.1) is 5.10 Å². The van der Waals surface area contributed by atoms with Crippen LogP contribution < -0.4 is 10.1 Å². The van der Waals surface area contributed by atoms with E-state index in [-0.39, 0.29) is 5.91 Å². The number of hydrogen-bond donors (Lipinski definition) is 1. The van der Waals surface area contributed by atoms with E-state index in [1.807, 2.05) is 56.3 Å². The first-order valence-electron chi connectivity index (χ1n) is 8.84. The van der Waals surface area contributed by atoms with Crippen molar-refractivity contribution >= 4 is 22.6 Å². The van der Waals surface area contributed by atoms with E-state index in [1.54, 1.807) is 17.9 Å². The number of benzene rings is 2. The van der Waals surface area contributed by atoms with Crippen molar-refractivity contribution in [2.75, 3.05) is 12.4 Å². The third kappa shape index (κ3) is 3.85. The molecule has 0 saturated heterocycles. The Morgan fingerprint density at radius 2 is 1.93 bits per heavy atom. The van der Waals surface area contributed by atoms with Crippen LogP contribution in [0.15, 0.2) is 48.5 Å². The van der Waals surface area contributed by atoms with Gasteiger partial charge in [-0.25, -0.2) is 4.68 Å². The lowest BCUT2D eigenvalue weighted by atomic mass is 10.1. The Bertz CT molecular complexity index is 1170. The lowest BCUT2D eigenvalue weighted by Gasteiger charge is -2.04. The first-order valence-corrected chi connectivity index (χ1v) is 9.61. The van der Waals surface area contributed by atoms with Crippen LogP contribution in [0.5, 0.6) is 5.75 Å². The Labute approximate surface area is 171 Å². The third-order valence-electron chi connectivity index (χ3n) is 4.35.